The first-order chi connectivity index (χ1) is 14.1. The van der Waals surface area contributed by atoms with Crippen LogP contribution >= 0.6 is 15.9 Å². The van der Waals surface area contributed by atoms with E-state index in [1.165, 1.54) is 0 Å². The monoisotopic (exact) mass is 451 g/mol. The third-order valence-electron chi connectivity index (χ3n) is 4.46. The molecule has 3 aromatic carbocycles. The maximum Gasteiger partial charge on any atom is 0.363 e. The SMILES string of the molecule is CCOc1c(Br)cc(/C=C2\N=C(c3ccc4ccccc4c3)OC2=O)cc1OC. The number of methoxy groups -OCH3 is 1. The second-order valence-electron chi connectivity index (χ2n) is 6.37. The van der Waals surface area contributed by atoms with Gasteiger partial charge in [-0.25, -0.2) is 9.79 Å². The molecule has 0 spiro atoms. The van der Waals surface area contributed by atoms with E-state index < -0.39 is 5.97 Å². The lowest BCUT2D eigenvalue weighted by Gasteiger charge is -2.12. The average Bonchev–Trinajstić information content (AvgIpc) is 3.09. The van der Waals surface area contributed by atoms with E-state index in [2.05, 4.69) is 20.9 Å². The first kappa shape index (κ1) is 19.2. The number of hydrogen-bond donors (Lipinski definition) is 0. The Kier molecular flexibility index (Phi) is 5.36. The summed E-state index contributed by atoms with van der Waals surface area (Å²) in [7, 11) is 1.57. The van der Waals surface area contributed by atoms with E-state index in [0.717, 1.165) is 26.4 Å². The second-order valence-corrected chi connectivity index (χ2v) is 7.22. The normalized spacial score (nSPS) is 14.8. The van der Waals surface area contributed by atoms with Gasteiger partial charge in [0.15, 0.2) is 17.2 Å². The number of fused-ring (bicyclic) bond motifs is 1. The molecule has 0 saturated carbocycles. The van der Waals surface area contributed by atoms with Crippen molar-refractivity contribution in [3.05, 3.63) is 75.9 Å². The predicted molar refractivity (Wildman–Crippen MR) is 116 cm³/mol. The number of benzene rings is 3. The van der Waals surface area contributed by atoms with Gasteiger partial charge in [-0.15, -0.1) is 0 Å². The van der Waals surface area contributed by atoms with Crippen molar-refractivity contribution in [3.63, 3.8) is 0 Å². The molecule has 3 aromatic rings. The van der Waals surface area contributed by atoms with Gasteiger partial charge >= 0.3 is 5.97 Å². The molecule has 29 heavy (non-hydrogen) atoms. The molecular weight excluding hydrogens is 434 g/mol. The quantitative estimate of drug-likeness (QED) is 0.387. The molecule has 0 amide bonds. The van der Waals surface area contributed by atoms with Gasteiger partial charge in [0.25, 0.3) is 0 Å². The van der Waals surface area contributed by atoms with E-state index in [1.807, 2.05) is 55.5 Å². The number of nitrogens with zero attached hydrogens (tertiary/aromatic N) is 1. The average molecular weight is 452 g/mol. The largest absolute Gasteiger partial charge is 0.493 e. The molecule has 0 bridgehead atoms. The lowest BCUT2D eigenvalue weighted by molar-refractivity contribution is -0.129. The van der Waals surface area contributed by atoms with Gasteiger partial charge in [-0.3, -0.25) is 0 Å². The number of halogens is 1. The predicted octanol–water partition coefficient (Wildman–Crippen LogP) is 5.35. The summed E-state index contributed by atoms with van der Waals surface area (Å²) in [5.41, 5.74) is 1.73. The van der Waals surface area contributed by atoms with Gasteiger partial charge in [0.2, 0.25) is 5.90 Å². The molecule has 0 radical (unpaired) electrons. The molecule has 0 unspecified atom stereocenters. The van der Waals surface area contributed by atoms with Crippen LogP contribution in [0.25, 0.3) is 16.8 Å². The van der Waals surface area contributed by atoms with Crippen molar-refractivity contribution in [2.24, 2.45) is 4.99 Å². The van der Waals surface area contributed by atoms with Crippen LogP contribution in [0.15, 0.2) is 69.8 Å². The lowest BCUT2D eigenvalue weighted by atomic mass is 10.1. The van der Waals surface area contributed by atoms with Gasteiger partial charge in [0.05, 0.1) is 18.2 Å². The summed E-state index contributed by atoms with van der Waals surface area (Å²) in [4.78, 5) is 16.8. The number of ether oxygens (including phenoxy) is 3. The highest BCUT2D eigenvalue weighted by atomic mass is 79.9. The van der Waals surface area contributed by atoms with Crippen molar-refractivity contribution in [2.45, 2.75) is 6.92 Å². The van der Waals surface area contributed by atoms with Gasteiger partial charge < -0.3 is 14.2 Å². The molecule has 0 aliphatic carbocycles. The fourth-order valence-electron chi connectivity index (χ4n) is 3.12. The van der Waals surface area contributed by atoms with Gasteiger partial charge in [-0.05, 0) is 69.5 Å². The van der Waals surface area contributed by atoms with Crippen molar-refractivity contribution in [2.75, 3.05) is 13.7 Å². The number of carbonyl (C=O) groups is 1. The summed E-state index contributed by atoms with van der Waals surface area (Å²) in [6, 6.07) is 17.5. The molecule has 6 heteroatoms. The van der Waals surface area contributed by atoms with Crippen molar-refractivity contribution >= 4 is 44.6 Å². The van der Waals surface area contributed by atoms with E-state index in [-0.39, 0.29) is 5.70 Å². The molecule has 1 aliphatic heterocycles. The van der Waals surface area contributed by atoms with Crippen LogP contribution in [0.2, 0.25) is 0 Å². The van der Waals surface area contributed by atoms with Gasteiger partial charge in [0, 0.05) is 5.56 Å². The molecule has 1 aliphatic rings. The van der Waals surface area contributed by atoms with Crippen molar-refractivity contribution < 1.29 is 19.0 Å². The molecule has 4 rings (SSSR count). The minimum absolute atomic E-state index is 0.228. The number of aliphatic imine (C=N–C) groups is 1. The Morgan fingerprint density at radius 2 is 1.90 bits per heavy atom. The topological polar surface area (TPSA) is 57.1 Å². The smallest absolute Gasteiger partial charge is 0.363 e. The molecule has 0 saturated heterocycles. The van der Waals surface area contributed by atoms with E-state index >= 15 is 0 Å². The molecule has 146 valence electrons. The summed E-state index contributed by atoms with van der Waals surface area (Å²) in [6.45, 7) is 2.42. The highest BCUT2D eigenvalue weighted by Crippen LogP contribution is 2.37. The maximum absolute atomic E-state index is 12.4. The Hall–Kier alpha value is -3.12. The van der Waals surface area contributed by atoms with Gasteiger partial charge in [0.1, 0.15) is 0 Å². The first-order valence-electron chi connectivity index (χ1n) is 9.11. The highest BCUT2D eigenvalue weighted by Gasteiger charge is 2.24. The summed E-state index contributed by atoms with van der Waals surface area (Å²) in [5.74, 6) is 0.991. The Labute approximate surface area is 176 Å². The van der Waals surface area contributed by atoms with Crippen LogP contribution in [-0.4, -0.2) is 25.6 Å². The summed E-state index contributed by atoms with van der Waals surface area (Å²) in [6.07, 6.45) is 1.67. The van der Waals surface area contributed by atoms with Crippen LogP contribution in [-0.2, 0) is 9.53 Å². The summed E-state index contributed by atoms with van der Waals surface area (Å²) < 4.78 is 17.1. The third-order valence-corrected chi connectivity index (χ3v) is 5.05. The molecule has 0 aromatic heterocycles. The number of esters is 1. The zero-order chi connectivity index (χ0) is 20.4. The third kappa shape index (κ3) is 3.89. The molecule has 1 heterocycles. The highest BCUT2D eigenvalue weighted by molar-refractivity contribution is 9.10. The summed E-state index contributed by atoms with van der Waals surface area (Å²) in [5, 5.41) is 2.17. The molecule has 0 N–H and O–H groups in total. The van der Waals surface area contributed by atoms with E-state index in [0.29, 0.717) is 24.0 Å². The number of cyclic esters (lactones) is 1. The standard InChI is InChI=1S/C23H18BrNO4/c1-3-28-21-18(24)10-14(12-20(21)27-2)11-19-23(26)29-22(25-19)17-9-8-15-6-4-5-7-16(15)13-17/h4-13H,3H2,1-2H3/b19-11-. The zero-order valence-electron chi connectivity index (χ0n) is 15.9. The number of carbonyl (C=O) groups excluding carboxylic acids is 1. The van der Waals surface area contributed by atoms with Crippen LogP contribution in [0.5, 0.6) is 11.5 Å². The van der Waals surface area contributed by atoms with Crippen LogP contribution in [0, 0.1) is 0 Å². The van der Waals surface area contributed by atoms with Gasteiger partial charge in [-0.1, -0.05) is 30.3 Å². The van der Waals surface area contributed by atoms with Crippen LogP contribution in [0.4, 0.5) is 0 Å². The van der Waals surface area contributed by atoms with E-state index in [1.54, 1.807) is 19.3 Å². The van der Waals surface area contributed by atoms with Crippen LogP contribution in [0.3, 0.4) is 0 Å². The molecule has 0 fully saturated rings. The van der Waals surface area contributed by atoms with E-state index in [9.17, 15) is 4.79 Å². The Balaban J connectivity index is 1.69. The van der Waals surface area contributed by atoms with Crippen LogP contribution < -0.4 is 9.47 Å². The number of hydrogen-bond acceptors (Lipinski definition) is 5. The van der Waals surface area contributed by atoms with E-state index in [4.69, 9.17) is 14.2 Å². The summed E-state index contributed by atoms with van der Waals surface area (Å²) >= 11 is 3.49. The Bertz CT molecular complexity index is 1170. The van der Waals surface area contributed by atoms with Crippen molar-refractivity contribution in [3.8, 4) is 11.5 Å². The first-order valence-corrected chi connectivity index (χ1v) is 9.90. The zero-order valence-corrected chi connectivity index (χ0v) is 17.5. The molecule has 5 nitrogen and oxygen atoms in total. The fraction of sp³-hybridized carbons (Fsp3) is 0.130. The molecular formula is C23H18BrNO4. The minimum atomic E-state index is -0.489. The van der Waals surface area contributed by atoms with Crippen molar-refractivity contribution in [1.82, 2.24) is 0 Å². The van der Waals surface area contributed by atoms with Crippen LogP contribution in [0.1, 0.15) is 18.1 Å². The fourth-order valence-corrected chi connectivity index (χ4v) is 3.69. The van der Waals surface area contributed by atoms with Gasteiger partial charge in [-0.2, -0.15) is 0 Å². The van der Waals surface area contributed by atoms with Crippen molar-refractivity contribution in [1.29, 1.82) is 0 Å². The lowest BCUT2D eigenvalue weighted by Crippen LogP contribution is -2.05. The minimum Gasteiger partial charge on any atom is -0.493 e. The maximum atomic E-state index is 12.4. The Morgan fingerprint density at radius 3 is 2.66 bits per heavy atom. The number of rotatable bonds is 5. The Morgan fingerprint density at radius 1 is 1.10 bits per heavy atom. The molecule has 0 atom stereocenters. The second kappa shape index (κ2) is 8.09.